The molecule has 0 aliphatic carbocycles. The molecule has 1 amide bonds. The maximum absolute atomic E-state index is 13.6. The molecule has 0 saturated carbocycles. The molecule has 10 nitrogen and oxygen atoms in total. The van der Waals surface area contributed by atoms with Crippen LogP contribution in [0.3, 0.4) is 0 Å². The molecular formula is C36H36N2O8S2. The number of amides is 1. The summed E-state index contributed by atoms with van der Waals surface area (Å²) in [5.41, 5.74) is 4.23. The molecule has 6 rings (SSSR count). The second-order valence-electron chi connectivity index (χ2n) is 11.3. The number of thioether (sulfide) groups is 1. The Hall–Kier alpha value is -4.36. The van der Waals surface area contributed by atoms with E-state index in [1.54, 1.807) is 29.4 Å². The maximum Gasteiger partial charge on any atom is 0.307 e. The fourth-order valence-electron chi connectivity index (χ4n) is 5.59. The number of ether oxygens (including phenoxy) is 4. The van der Waals surface area contributed by atoms with Gasteiger partial charge in [-0.3, -0.25) is 19.4 Å². The number of morpholine rings is 1. The minimum absolute atomic E-state index is 0.119. The summed E-state index contributed by atoms with van der Waals surface area (Å²) in [5.74, 6) is 0.550. The number of furan rings is 1. The molecule has 1 aromatic heterocycles. The summed E-state index contributed by atoms with van der Waals surface area (Å²) in [6.45, 7) is 5.15. The van der Waals surface area contributed by atoms with Crippen LogP contribution >= 0.6 is 24.0 Å². The number of nitrogens with zero attached hydrogens (tertiary/aromatic N) is 2. The van der Waals surface area contributed by atoms with Crippen molar-refractivity contribution in [1.82, 2.24) is 9.80 Å². The average Bonchev–Trinajstić information content (AvgIpc) is 3.66. The normalized spacial score (nSPS) is 16.2. The molecule has 12 heteroatoms. The largest absolute Gasteiger partial charge is 0.493 e. The Bertz CT molecular complexity index is 1830. The van der Waals surface area contributed by atoms with E-state index in [1.807, 2.05) is 42.5 Å². The van der Waals surface area contributed by atoms with E-state index in [9.17, 15) is 9.59 Å². The van der Waals surface area contributed by atoms with Crippen LogP contribution in [0.4, 0.5) is 0 Å². The average molecular weight is 689 g/mol. The summed E-state index contributed by atoms with van der Waals surface area (Å²) in [6.07, 6.45) is 3.93. The van der Waals surface area contributed by atoms with Gasteiger partial charge in [0.1, 0.15) is 22.3 Å². The van der Waals surface area contributed by atoms with Gasteiger partial charge in [0.25, 0.3) is 5.91 Å². The number of carbonyl (C=O) groups excluding carboxylic acids is 1. The molecule has 0 spiro atoms. The topological polar surface area (TPSA) is 111 Å². The van der Waals surface area contributed by atoms with Crippen LogP contribution in [-0.4, -0.2) is 90.8 Å². The molecule has 250 valence electrons. The van der Waals surface area contributed by atoms with Crippen LogP contribution in [-0.2, 0) is 20.7 Å². The van der Waals surface area contributed by atoms with Crippen molar-refractivity contribution in [1.29, 1.82) is 0 Å². The molecule has 3 heterocycles. The lowest BCUT2D eigenvalue weighted by Gasteiger charge is -2.26. The molecule has 0 atom stereocenters. The minimum Gasteiger partial charge on any atom is -0.493 e. The van der Waals surface area contributed by atoms with Gasteiger partial charge in [-0.1, -0.05) is 42.2 Å². The highest BCUT2D eigenvalue weighted by Crippen LogP contribution is 2.37. The molecule has 2 fully saturated rings. The minimum atomic E-state index is -0.928. The third-order valence-corrected chi connectivity index (χ3v) is 9.47. The fourth-order valence-corrected chi connectivity index (χ4v) is 6.88. The summed E-state index contributed by atoms with van der Waals surface area (Å²) in [4.78, 5) is 29.2. The monoisotopic (exact) mass is 688 g/mol. The molecule has 1 N–H and O–H groups in total. The fraction of sp³-hybridized carbons (Fsp3) is 0.306. The van der Waals surface area contributed by atoms with Gasteiger partial charge < -0.3 is 28.5 Å². The quantitative estimate of drug-likeness (QED) is 0.0941. The summed E-state index contributed by atoms with van der Waals surface area (Å²) < 4.78 is 29.0. The lowest BCUT2D eigenvalue weighted by Crippen LogP contribution is -2.38. The smallest absolute Gasteiger partial charge is 0.307 e. The zero-order valence-corrected chi connectivity index (χ0v) is 28.1. The Morgan fingerprint density at radius 3 is 2.54 bits per heavy atom. The molecule has 0 radical (unpaired) electrons. The van der Waals surface area contributed by atoms with Crippen LogP contribution in [0.1, 0.15) is 17.5 Å². The SMILES string of the molecule is COc1ccc(CC(=O)O)cc1OCCCN1C(=O)/C(=C/c2cc(-c3ccc4occc4c3)ccc2OCCN2CCOCC2)SC1=S. The molecule has 2 saturated heterocycles. The standard InChI is InChI=1S/C36H36N2O8S2/c1-42-31-6-3-24(20-34(39)40)19-32(31)44-14-2-10-38-35(41)33(48-36(38)47)23-28-22-26(25-4-7-29-27(21-25)9-15-45-29)5-8-30(28)46-18-13-37-11-16-43-17-12-37/h3-9,15,19,21-23H,2,10-14,16-18,20H2,1H3,(H,39,40)/b33-23-. The number of aliphatic carboxylic acids is 1. The molecule has 4 aromatic rings. The first-order chi connectivity index (χ1) is 23.4. The van der Waals surface area contributed by atoms with E-state index in [0.717, 1.165) is 60.5 Å². The van der Waals surface area contributed by atoms with E-state index in [1.165, 1.54) is 18.9 Å². The highest BCUT2D eigenvalue weighted by Gasteiger charge is 2.32. The number of benzene rings is 3. The van der Waals surface area contributed by atoms with E-state index >= 15 is 0 Å². The number of carboxylic acid groups (broad SMARTS) is 1. The van der Waals surface area contributed by atoms with Crippen molar-refractivity contribution in [3.8, 4) is 28.4 Å². The number of thiocarbonyl (C=S) groups is 1. The maximum atomic E-state index is 13.6. The van der Waals surface area contributed by atoms with Crippen molar-refractivity contribution in [3.63, 3.8) is 0 Å². The van der Waals surface area contributed by atoms with Gasteiger partial charge in [-0.15, -0.1) is 0 Å². The first-order valence-electron chi connectivity index (χ1n) is 15.7. The van der Waals surface area contributed by atoms with Crippen molar-refractivity contribution in [2.24, 2.45) is 0 Å². The first-order valence-corrected chi connectivity index (χ1v) is 16.9. The molecule has 3 aromatic carbocycles. The van der Waals surface area contributed by atoms with Gasteiger partial charge in [0, 0.05) is 37.1 Å². The van der Waals surface area contributed by atoms with E-state index < -0.39 is 5.97 Å². The highest BCUT2D eigenvalue weighted by molar-refractivity contribution is 8.26. The zero-order valence-electron chi connectivity index (χ0n) is 26.5. The van der Waals surface area contributed by atoms with Crippen LogP contribution < -0.4 is 14.2 Å². The van der Waals surface area contributed by atoms with Crippen molar-refractivity contribution < 1.29 is 38.1 Å². The lowest BCUT2D eigenvalue weighted by molar-refractivity contribution is -0.136. The predicted octanol–water partition coefficient (Wildman–Crippen LogP) is 6.12. The van der Waals surface area contributed by atoms with E-state index in [0.29, 0.717) is 51.6 Å². The van der Waals surface area contributed by atoms with Gasteiger partial charge in [-0.2, -0.15) is 0 Å². The second-order valence-corrected chi connectivity index (χ2v) is 13.0. The van der Waals surface area contributed by atoms with Crippen LogP contribution in [0, 0.1) is 0 Å². The van der Waals surface area contributed by atoms with Crippen molar-refractivity contribution in [2.75, 3.05) is 59.7 Å². The highest BCUT2D eigenvalue weighted by atomic mass is 32.2. The Morgan fingerprint density at radius 2 is 1.73 bits per heavy atom. The summed E-state index contributed by atoms with van der Waals surface area (Å²) >= 11 is 6.89. The zero-order chi connectivity index (χ0) is 33.5. The van der Waals surface area contributed by atoms with Gasteiger partial charge >= 0.3 is 5.97 Å². The van der Waals surface area contributed by atoms with E-state index in [2.05, 4.69) is 11.0 Å². The first kappa shape index (κ1) is 33.5. The van der Waals surface area contributed by atoms with Crippen LogP contribution in [0.5, 0.6) is 17.2 Å². The number of rotatable bonds is 14. The van der Waals surface area contributed by atoms with Gasteiger partial charge in [-0.05, 0) is 71.7 Å². The van der Waals surface area contributed by atoms with Gasteiger partial charge in [0.2, 0.25) is 0 Å². The van der Waals surface area contributed by atoms with Crippen LogP contribution in [0.15, 0.2) is 76.2 Å². The number of methoxy groups -OCH3 is 1. The second kappa shape index (κ2) is 15.7. The number of hydrogen-bond acceptors (Lipinski definition) is 10. The van der Waals surface area contributed by atoms with Crippen molar-refractivity contribution >= 4 is 57.2 Å². The summed E-state index contributed by atoms with van der Waals surface area (Å²) in [5, 5.41) is 10.1. The molecule has 2 aliphatic rings. The van der Waals surface area contributed by atoms with Gasteiger partial charge in [0.15, 0.2) is 11.5 Å². The third-order valence-electron chi connectivity index (χ3n) is 8.09. The van der Waals surface area contributed by atoms with E-state index in [4.69, 9.17) is 40.7 Å². The number of carboxylic acids is 1. The van der Waals surface area contributed by atoms with Crippen LogP contribution in [0.2, 0.25) is 0 Å². The van der Waals surface area contributed by atoms with Crippen molar-refractivity contribution in [2.45, 2.75) is 12.8 Å². The lowest BCUT2D eigenvalue weighted by atomic mass is 10.0. The molecule has 2 aliphatic heterocycles. The Labute approximate surface area is 288 Å². The molecule has 0 bridgehead atoms. The van der Waals surface area contributed by atoms with Crippen molar-refractivity contribution in [3.05, 3.63) is 83.0 Å². The van der Waals surface area contributed by atoms with E-state index in [-0.39, 0.29) is 18.9 Å². The number of hydrogen-bond donors (Lipinski definition) is 1. The summed E-state index contributed by atoms with van der Waals surface area (Å²) in [6, 6.07) is 19.1. The Morgan fingerprint density at radius 1 is 0.958 bits per heavy atom. The van der Waals surface area contributed by atoms with Gasteiger partial charge in [-0.25, -0.2) is 0 Å². The Balaban J connectivity index is 1.15. The predicted molar refractivity (Wildman–Crippen MR) is 189 cm³/mol. The third kappa shape index (κ3) is 8.19. The number of fused-ring (bicyclic) bond motifs is 1. The number of carbonyl (C=O) groups is 2. The van der Waals surface area contributed by atoms with Crippen LogP contribution in [0.25, 0.3) is 28.2 Å². The Kier molecular flexibility index (Phi) is 11.0. The molecule has 48 heavy (non-hydrogen) atoms. The molecule has 0 unspecified atom stereocenters. The summed E-state index contributed by atoms with van der Waals surface area (Å²) in [7, 11) is 1.53. The molecular weight excluding hydrogens is 653 g/mol. The van der Waals surface area contributed by atoms with Gasteiger partial charge in [0.05, 0.1) is 44.5 Å².